The molecule has 1 aromatic rings. The first-order valence-electron chi connectivity index (χ1n) is 4.85. The first-order valence-corrected chi connectivity index (χ1v) is 6.50. The van der Waals surface area contributed by atoms with Crippen molar-refractivity contribution in [2.24, 2.45) is 0 Å². The smallest absolute Gasteiger partial charge is 0.232 e. The molecule has 86 valence electrons. The van der Waals surface area contributed by atoms with Gasteiger partial charge in [-0.05, 0) is 31.2 Å². The van der Waals surface area contributed by atoms with E-state index >= 15 is 0 Å². The Morgan fingerprint density at radius 1 is 1.25 bits per heavy atom. The molecule has 2 N–H and O–H groups in total. The molecule has 0 radical (unpaired) electrons. The van der Waals surface area contributed by atoms with E-state index in [0.29, 0.717) is 12.2 Å². The van der Waals surface area contributed by atoms with Gasteiger partial charge in [-0.3, -0.25) is 4.72 Å². The zero-order chi connectivity index (χ0) is 12.0. The van der Waals surface area contributed by atoms with Crippen molar-refractivity contribution in [2.75, 3.05) is 22.3 Å². The predicted octanol–water partition coefficient (Wildman–Crippen LogP) is 1.49. The van der Waals surface area contributed by atoms with Gasteiger partial charge in [-0.25, -0.2) is 8.42 Å². The van der Waals surface area contributed by atoms with Gasteiger partial charge in [-0.1, -0.05) is 5.92 Å². The quantitative estimate of drug-likeness (QED) is 0.764. The van der Waals surface area contributed by atoms with Crippen molar-refractivity contribution >= 4 is 21.4 Å². The van der Waals surface area contributed by atoms with Crippen molar-refractivity contribution in [3.05, 3.63) is 24.3 Å². The summed E-state index contributed by atoms with van der Waals surface area (Å²) in [6.45, 7) is 2.03. The minimum atomic E-state index is -3.21. The van der Waals surface area contributed by atoms with Gasteiger partial charge < -0.3 is 5.32 Å². The van der Waals surface area contributed by atoms with Gasteiger partial charge >= 0.3 is 0 Å². The fourth-order valence-electron chi connectivity index (χ4n) is 1.06. The molecule has 0 aliphatic rings. The third-order valence-corrected chi connectivity index (χ3v) is 3.24. The molecule has 0 amide bonds. The number of benzene rings is 1. The standard InChI is InChI=1S/C11H14N2O2S/c1-3-9-12-10-5-7-11(8-6-10)13-16(14,15)4-2/h1,5-8,12-13H,4,9H2,2H3. The molecule has 0 saturated heterocycles. The number of hydrogen-bond acceptors (Lipinski definition) is 3. The predicted molar refractivity (Wildman–Crippen MR) is 66.8 cm³/mol. The maximum atomic E-state index is 11.3. The molecule has 0 aliphatic heterocycles. The lowest BCUT2D eigenvalue weighted by Gasteiger charge is -2.07. The molecule has 0 bridgehead atoms. The molecule has 0 unspecified atom stereocenters. The summed E-state index contributed by atoms with van der Waals surface area (Å²) in [5.41, 5.74) is 1.41. The molecule has 0 atom stereocenters. The number of rotatable bonds is 5. The molecule has 1 rings (SSSR count). The highest BCUT2D eigenvalue weighted by Crippen LogP contribution is 2.14. The highest BCUT2D eigenvalue weighted by molar-refractivity contribution is 7.92. The number of sulfonamides is 1. The van der Waals surface area contributed by atoms with Crippen molar-refractivity contribution in [3.8, 4) is 12.3 Å². The van der Waals surface area contributed by atoms with Crippen LogP contribution >= 0.6 is 0 Å². The Hall–Kier alpha value is -1.67. The number of nitrogens with one attached hydrogen (secondary N) is 2. The third kappa shape index (κ3) is 3.83. The second-order valence-electron chi connectivity index (χ2n) is 3.14. The molecule has 0 heterocycles. The monoisotopic (exact) mass is 238 g/mol. The molecule has 0 saturated carbocycles. The summed E-state index contributed by atoms with van der Waals surface area (Å²) >= 11 is 0. The van der Waals surface area contributed by atoms with Crippen molar-refractivity contribution in [1.29, 1.82) is 0 Å². The fourth-order valence-corrected chi connectivity index (χ4v) is 1.70. The average Bonchev–Trinajstić information content (AvgIpc) is 2.28. The van der Waals surface area contributed by atoms with Crippen LogP contribution in [0.3, 0.4) is 0 Å². The lowest BCUT2D eigenvalue weighted by Crippen LogP contribution is -2.14. The van der Waals surface area contributed by atoms with Crippen LogP contribution < -0.4 is 10.0 Å². The molecular formula is C11H14N2O2S. The van der Waals surface area contributed by atoms with Crippen LogP contribution in [0, 0.1) is 12.3 Å². The van der Waals surface area contributed by atoms with E-state index in [1.165, 1.54) is 0 Å². The molecular weight excluding hydrogens is 224 g/mol. The van der Waals surface area contributed by atoms with E-state index in [-0.39, 0.29) is 5.75 Å². The second kappa shape index (κ2) is 5.42. The molecule has 0 aliphatic carbocycles. The van der Waals surface area contributed by atoms with Crippen molar-refractivity contribution in [2.45, 2.75) is 6.92 Å². The molecule has 1 aromatic carbocycles. The van der Waals surface area contributed by atoms with E-state index in [0.717, 1.165) is 5.69 Å². The Labute approximate surface area is 96.1 Å². The third-order valence-electron chi connectivity index (χ3n) is 1.93. The van der Waals surface area contributed by atoms with E-state index in [2.05, 4.69) is 16.0 Å². The SMILES string of the molecule is C#CCNc1ccc(NS(=O)(=O)CC)cc1. The van der Waals surface area contributed by atoms with Gasteiger partial charge in [0.25, 0.3) is 0 Å². The Bertz CT molecular complexity index is 472. The van der Waals surface area contributed by atoms with E-state index in [4.69, 9.17) is 6.42 Å². The van der Waals surface area contributed by atoms with Crippen LogP contribution in [0.15, 0.2) is 24.3 Å². The zero-order valence-electron chi connectivity index (χ0n) is 9.03. The molecule has 16 heavy (non-hydrogen) atoms. The fraction of sp³-hybridized carbons (Fsp3) is 0.273. The highest BCUT2D eigenvalue weighted by Gasteiger charge is 2.05. The maximum absolute atomic E-state index is 11.3. The summed E-state index contributed by atoms with van der Waals surface area (Å²) in [6, 6.07) is 6.91. The lowest BCUT2D eigenvalue weighted by molar-refractivity contribution is 0.602. The summed E-state index contributed by atoms with van der Waals surface area (Å²) in [5, 5.41) is 2.99. The maximum Gasteiger partial charge on any atom is 0.232 e. The highest BCUT2D eigenvalue weighted by atomic mass is 32.2. The molecule has 0 spiro atoms. The lowest BCUT2D eigenvalue weighted by atomic mass is 10.3. The van der Waals surface area contributed by atoms with Crippen molar-refractivity contribution in [3.63, 3.8) is 0 Å². The van der Waals surface area contributed by atoms with Gasteiger partial charge in [-0.15, -0.1) is 6.42 Å². The summed E-state index contributed by atoms with van der Waals surface area (Å²) in [5.74, 6) is 2.52. The van der Waals surface area contributed by atoms with Gasteiger partial charge in [0.2, 0.25) is 10.0 Å². The van der Waals surface area contributed by atoms with Gasteiger partial charge in [0.1, 0.15) is 0 Å². The topological polar surface area (TPSA) is 58.2 Å². The van der Waals surface area contributed by atoms with Crippen LogP contribution in [0.1, 0.15) is 6.92 Å². The summed E-state index contributed by atoms with van der Waals surface area (Å²) in [7, 11) is -3.21. The summed E-state index contributed by atoms with van der Waals surface area (Å²) in [6.07, 6.45) is 5.10. The van der Waals surface area contributed by atoms with Crippen LogP contribution in [-0.2, 0) is 10.0 Å². The Morgan fingerprint density at radius 3 is 2.31 bits per heavy atom. The Kier molecular flexibility index (Phi) is 4.20. The molecule has 0 aromatic heterocycles. The summed E-state index contributed by atoms with van der Waals surface area (Å²) in [4.78, 5) is 0. The number of hydrogen-bond donors (Lipinski definition) is 2. The minimum absolute atomic E-state index is 0.0596. The second-order valence-corrected chi connectivity index (χ2v) is 5.15. The van der Waals surface area contributed by atoms with Crippen LogP contribution in [0.5, 0.6) is 0 Å². The average molecular weight is 238 g/mol. The van der Waals surface area contributed by atoms with Gasteiger partial charge in [-0.2, -0.15) is 0 Å². The van der Waals surface area contributed by atoms with Crippen LogP contribution in [0.2, 0.25) is 0 Å². The van der Waals surface area contributed by atoms with Crippen LogP contribution in [0.4, 0.5) is 11.4 Å². The largest absolute Gasteiger partial charge is 0.374 e. The molecule has 4 nitrogen and oxygen atoms in total. The van der Waals surface area contributed by atoms with E-state index in [1.54, 1.807) is 31.2 Å². The normalized spacial score (nSPS) is 10.5. The van der Waals surface area contributed by atoms with Crippen molar-refractivity contribution in [1.82, 2.24) is 0 Å². The van der Waals surface area contributed by atoms with Gasteiger partial charge in [0, 0.05) is 11.4 Å². The number of anilines is 2. The number of terminal acetylenes is 1. The molecule has 5 heteroatoms. The Morgan fingerprint density at radius 2 is 1.81 bits per heavy atom. The van der Waals surface area contributed by atoms with E-state index in [1.807, 2.05) is 0 Å². The Balaban J connectivity index is 2.69. The van der Waals surface area contributed by atoms with Crippen LogP contribution in [-0.4, -0.2) is 20.7 Å². The minimum Gasteiger partial charge on any atom is -0.374 e. The molecule has 0 fully saturated rings. The van der Waals surface area contributed by atoms with Crippen molar-refractivity contribution < 1.29 is 8.42 Å². The zero-order valence-corrected chi connectivity index (χ0v) is 9.84. The first-order chi connectivity index (χ1) is 7.57. The first kappa shape index (κ1) is 12.4. The van der Waals surface area contributed by atoms with E-state index in [9.17, 15) is 8.42 Å². The summed E-state index contributed by atoms with van der Waals surface area (Å²) < 4.78 is 25.0. The van der Waals surface area contributed by atoms with E-state index < -0.39 is 10.0 Å². The van der Waals surface area contributed by atoms with Gasteiger partial charge in [0.05, 0.1) is 12.3 Å². The van der Waals surface area contributed by atoms with Gasteiger partial charge in [0.15, 0.2) is 0 Å². The van der Waals surface area contributed by atoms with Crippen LogP contribution in [0.25, 0.3) is 0 Å².